The van der Waals surface area contributed by atoms with Gasteiger partial charge in [-0.15, -0.1) is 0 Å². The zero-order chi connectivity index (χ0) is 23.9. The Labute approximate surface area is 200 Å². The SMILES string of the molecule is N#CC1=C(SCC(=O)Nc2ccc(Oc3ccccc3)cc2)NC(=O)C[C@H]1c1ccc(F)cc1. The van der Waals surface area contributed by atoms with Crippen LogP contribution < -0.4 is 15.4 Å². The van der Waals surface area contributed by atoms with Gasteiger partial charge >= 0.3 is 0 Å². The Kier molecular flexibility index (Phi) is 7.25. The van der Waals surface area contributed by atoms with E-state index in [1.54, 1.807) is 36.4 Å². The number of nitriles is 1. The van der Waals surface area contributed by atoms with E-state index in [1.807, 2.05) is 30.3 Å². The van der Waals surface area contributed by atoms with Crippen LogP contribution >= 0.6 is 11.8 Å². The molecule has 0 fully saturated rings. The summed E-state index contributed by atoms with van der Waals surface area (Å²) in [7, 11) is 0. The molecule has 4 rings (SSSR count). The van der Waals surface area contributed by atoms with Crippen LogP contribution in [0.3, 0.4) is 0 Å². The molecule has 34 heavy (non-hydrogen) atoms. The summed E-state index contributed by atoms with van der Waals surface area (Å²) >= 11 is 1.08. The summed E-state index contributed by atoms with van der Waals surface area (Å²) in [5, 5.41) is 15.5. The number of nitrogens with one attached hydrogen (secondary N) is 2. The molecular formula is C26H20FN3O3S. The monoisotopic (exact) mass is 473 g/mol. The average molecular weight is 474 g/mol. The minimum atomic E-state index is -0.484. The predicted molar refractivity (Wildman–Crippen MR) is 129 cm³/mol. The molecule has 0 aromatic heterocycles. The number of ether oxygens (including phenoxy) is 1. The van der Waals surface area contributed by atoms with Crippen LogP contribution in [-0.2, 0) is 9.59 Å². The molecule has 0 aliphatic carbocycles. The third kappa shape index (κ3) is 5.82. The van der Waals surface area contributed by atoms with Gasteiger partial charge in [0.05, 0.1) is 22.4 Å². The predicted octanol–water partition coefficient (Wildman–Crippen LogP) is 5.33. The fraction of sp³-hybridized carbons (Fsp3) is 0.115. The molecule has 6 nitrogen and oxygen atoms in total. The lowest BCUT2D eigenvalue weighted by atomic mass is 9.87. The number of amides is 2. The van der Waals surface area contributed by atoms with Crippen molar-refractivity contribution in [2.24, 2.45) is 0 Å². The second kappa shape index (κ2) is 10.7. The van der Waals surface area contributed by atoms with Gasteiger partial charge in [-0.2, -0.15) is 5.26 Å². The minimum absolute atomic E-state index is 0.000796. The molecule has 1 aliphatic heterocycles. The first kappa shape index (κ1) is 23.1. The number of hydrogen-bond acceptors (Lipinski definition) is 5. The van der Waals surface area contributed by atoms with Gasteiger partial charge in [0.2, 0.25) is 11.8 Å². The van der Waals surface area contributed by atoms with Crippen LogP contribution in [0.4, 0.5) is 10.1 Å². The van der Waals surface area contributed by atoms with Crippen molar-refractivity contribution in [2.45, 2.75) is 12.3 Å². The van der Waals surface area contributed by atoms with Crippen LogP contribution in [0.1, 0.15) is 17.9 Å². The second-order valence-electron chi connectivity index (χ2n) is 7.49. The Balaban J connectivity index is 1.38. The maximum absolute atomic E-state index is 13.3. The minimum Gasteiger partial charge on any atom is -0.457 e. The highest BCUT2D eigenvalue weighted by molar-refractivity contribution is 8.03. The van der Waals surface area contributed by atoms with Crippen molar-refractivity contribution in [3.8, 4) is 17.6 Å². The Morgan fingerprint density at radius 3 is 2.41 bits per heavy atom. The molecule has 2 N–H and O–H groups in total. The van der Waals surface area contributed by atoms with Crippen LogP contribution in [0.15, 0.2) is 89.5 Å². The van der Waals surface area contributed by atoms with E-state index in [0.717, 1.165) is 11.8 Å². The third-order valence-electron chi connectivity index (χ3n) is 5.09. The number of anilines is 1. The highest BCUT2D eigenvalue weighted by Crippen LogP contribution is 2.36. The Morgan fingerprint density at radius 1 is 1.06 bits per heavy atom. The summed E-state index contributed by atoms with van der Waals surface area (Å²) in [6, 6.07) is 24.2. The quantitative estimate of drug-likeness (QED) is 0.484. The molecule has 0 bridgehead atoms. The number of rotatable bonds is 7. The number of para-hydroxylation sites is 1. The largest absolute Gasteiger partial charge is 0.457 e. The number of thioether (sulfide) groups is 1. The number of carbonyl (C=O) groups is 2. The highest BCUT2D eigenvalue weighted by atomic mass is 32.2. The number of hydrogen-bond donors (Lipinski definition) is 2. The smallest absolute Gasteiger partial charge is 0.234 e. The molecule has 0 saturated carbocycles. The Hall–Kier alpha value is -4.09. The lowest BCUT2D eigenvalue weighted by Gasteiger charge is -2.25. The van der Waals surface area contributed by atoms with Crippen LogP contribution in [0, 0.1) is 17.1 Å². The van der Waals surface area contributed by atoms with E-state index in [2.05, 4.69) is 16.7 Å². The lowest BCUT2D eigenvalue weighted by Crippen LogP contribution is -2.31. The summed E-state index contributed by atoms with van der Waals surface area (Å²) < 4.78 is 19.0. The number of allylic oxidation sites excluding steroid dienone is 1. The van der Waals surface area contributed by atoms with Crippen molar-refractivity contribution < 1.29 is 18.7 Å². The van der Waals surface area contributed by atoms with Gasteiger partial charge in [-0.1, -0.05) is 42.1 Å². The fourth-order valence-electron chi connectivity index (χ4n) is 3.48. The molecule has 1 aliphatic rings. The summed E-state index contributed by atoms with van der Waals surface area (Å²) in [5.41, 5.74) is 1.62. The summed E-state index contributed by atoms with van der Waals surface area (Å²) in [6.45, 7) is 0. The van der Waals surface area contributed by atoms with Crippen molar-refractivity contribution in [2.75, 3.05) is 11.1 Å². The van der Waals surface area contributed by atoms with E-state index in [9.17, 15) is 19.2 Å². The van der Waals surface area contributed by atoms with Crippen LogP contribution in [0.25, 0.3) is 0 Å². The molecule has 0 unspecified atom stereocenters. The van der Waals surface area contributed by atoms with Gasteiger partial charge in [0, 0.05) is 18.0 Å². The molecule has 3 aromatic rings. The number of halogens is 1. The molecule has 0 radical (unpaired) electrons. The zero-order valence-corrected chi connectivity index (χ0v) is 18.8. The maximum atomic E-state index is 13.3. The Morgan fingerprint density at radius 2 is 1.74 bits per heavy atom. The molecule has 0 spiro atoms. The molecule has 8 heteroatoms. The van der Waals surface area contributed by atoms with E-state index >= 15 is 0 Å². The van der Waals surface area contributed by atoms with Crippen molar-refractivity contribution >= 4 is 29.3 Å². The van der Waals surface area contributed by atoms with E-state index in [1.165, 1.54) is 12.1 Å². The number of nitrogens with zero attached hydrogens (tertiary/aromatic N) is 1. The topological polar surface area (TPSA) is 91.2 Å². The van der Waals surface area contributed by atoms with Crippen LogP contribution in [0.2, 0.25) is 0 Å². The fourth-order valence-corrected chi connectivity index (χ4v) is 4.36. The number of carbonyl (C=O) groups excluding carboxylic acids is 2. The van der Waals surface area contributed by atoms with Crippen molar-refractivity contribution in [1.82, 2.24) is 5.32 Å². The van der Waals surface area contributed by atoms with E-state index in [0.29, 0.717) is 33.4 Å². The maximum Gasteiger partial charge on any atom is 0.234 e. The Bertz CT molecular complexity index is 1250. The normalized spacial score (nSPS) is 15.3. The van der Waals surface area contributed by atoms with Crippen molar-refractivity contribution in [1.29, 1.82) is 5.26 Å². The van der Waals surface area contributed by atoms with Gasteiger partial charge in [-0.25, -0.2) is 4.39 Å². The molecule has 0 saturated heterocycles. The first-order valence-electron chi connectivity index (χ1n) is 10.5. The van der Waals surface area contributed by atoms with Crippen molar-refractivity contribution in [3.05, 3.63) is 101 Å². The summed E-state index contributed by atoms with van der Waals surface area (Å²) in [5.74, 6) is -0.0709. The first-order valence-corrected chi connectivity index (χ1v) is 11.5. The van der Waals surface area contributed by atoms with Gasteiger partial charge in [0.25, 0.3) is 0 Å². The summed E-state index contributed by atoms with van der Waals surface area (Å²) in [6.07, 6.45) is 0.0855. The molecule has 170 valence electrons. The van der Waals surface area contributed by atoms with Crippen LogP contribution in [0.5, 0.6) is 11.5 Å². The van der Waals surface area contributed by atoms with Gasteiger partial charge in [-0.3, -0.25) is 9.59 Å². The standard InChI is InChI=1S/C26H20FN3O3S/c27-18-8-6-17(7-9-18)22-14-24(31)30-26(23(22)15-28)34-16-25(32)29-19-10-12-21(13-11-19)33-20-4-2-1-3-5-20/h1-13,22H,14,16H2,(H,29,32)(H,30,31)/t22-/m0/s1. The van der Waals surface area contributed by atoms with Gasteiger partial charge in [-0.05, 0) is 54.1 Å². The highest BCUT2D eigenvalue weighted by Gasteiger charge is 2.29. The molecule has 1 heterocycles. The molecule has 3 aromatic carbocycles. The van der Waals surface area contributed by atoms with E-state index < -0.39 is 11.7 Å². The van der Waals surface area contributed by atoms with Crippen molar-refractivity contribution in [3.63, 3.8) is 0 Å². The summed E-state index contributed by atoms with van der Waals surface area (Å²) in [4.78, 5) is 24.7. The molecular weight excluding hydrogens is 453 g/mol. The van der Waals surface area contributed by atoms with E-state index in [4.69, 9.17) is 4.74 Å². The van der Waals surface area contributed by atoms with E-state index in [-0.39, 0.29) is 24.0 Å². The van der Waals surface area contributed by atoms with Crippen LogP contribution in [-0.4, -0.2) is 17.6 Å². The van der Waals surface area contributed by atoms with Gasteiger partial charge < -0.3 is 15.4 Å². The first-order chi connectivity index (χ1) is 16.5. The van der Waals surface area contributed by atoms with Gasteiger partial charge in [0.15, 0.2) is 0 Å². The molecule has 1 atom stereocenters. The average Bonchev–Trinajstić information content (AvgIpc) is 2.85. The number of benzene rings is 3. The second-order valence-corrected chi connectivity index (χ2v) is 8.47. The third-order valence-corrected chi connectivity index (χ3v) is 6.11. The molecule has 2 amide bonds. The lowest BCUT2D eigenvalue weighted by molar-refractivity contribution is -0.121. The van der Waals surface area contributed by atoms with Gasteiger partial charge in [0.1, 0.15) is 17.3 Å². The zero-order valence-electron chi connectivity index (χ0n) is 18.0.